The van der Waals surface area contributed by atoms with Gasteiger partial charge in [-0.2, -0.15) is 0 Å². The van der Waals surface area contributed by atoms with Crippen molar-refractivity contribution in [3.05, 3.63) is 12.2 Å². The molecular formula is C13H24N2O. The van der Waals surface area contributed by atoms with Crippen molar-refractivity contribution in [3.63, 3.8) is 0 Å². The predicted octanol–water partition coefficient (Wildman–Crippen LogP) is 1.78. The molecule has 1 amide bonds. The first-order chi connectivity index (χ1) is 7.41. The van der Waals surface area contributed by atoms with Gasteiger partial charge in [-0.1, -0.05) is 26.0 Å². The lowest BCUT2D eigenvalue weighted by Crippen LogP contribution is -2.39. The van der Waals surface area contributed by atoms with Gasteiger partial charge in [0.15, 0.2) is 0 Å². The van der Waals surface area contributed by atoms with Crippen LogP contribution in [0, 0.1) is 11.8 Å². The maximum Gasteiger partial charge on any atom is 0.229 e. The van der Waals surface area contributed by atoms with Crippen LogP contribution in [0.2, 0.25) is 0 Å². The molecule has 1 aliphatic carbocycles. The number of nitrogens with zero attached hydrogens (tertiary/aromatic N) is 1. The van der Waals surface area contributed by atoms with Crippen molar-refractivity contribution in [2.45, 2.75) is 45.7 Å². The average Bonchev–Trinajstić information content (AvgIpc) is 2.61. The lowest BCUT2D eigenvalue weighted by Gasteiger charge is -2.28. The van der Waals surface area contributed by atoms with Crippen LogP contribution in [0.3, 0.4) is 0 Å². The molecule has 1 rings (SSSR count). The number of amides is 1. The molecule has 0 aromatic rings. The summed E-state index contributed by atoms with van der Waals surface area (Å²) in [5.74, 6) is 0.818. The molecule has 0 heterocycles. The van der Waals surface area contributed by atoms with Gasteiger partial charge >= 0.3 is 0 Å². The number of hydrogen-bond acceptors (Lipinski definition) is 2. The summed E-state index contributed by atoms with van der Waals surface area (Å²) in [5, 5.41) is 0. The predicted molar refractivity (Wildman–Crippen MR) is 66.9 cm³/mol. The number of hydrogen-bond donors (Lipinski definition) is 1. The molecule has 1 aliphatic rings. The van der Waals surface area contributed by atoms with Crippen molar-refractivity contribution in [2.75, 3.05) is 7.05 Å². The molecule has 0 bridgehead atoms. The molecule has 16 heavy (non-hydrogen) atoms. The zero-order valence-corrected chi connectivity index (χ0v) is 10.8. The zero-order valence-electron chi connectivity index (χ0n) is 10.8. The van der Waals surface area contributed by atoms with E-state index in [9.17, 15) is 4.79 Å². The molecule has 3 nitrogen and oxygen atoms in total. The lowest BCUT2D eigenvalue weighted by molar-refractivity contribution is -0.134. The van der Waals surface area contributed by atoms with Gasteiger partial charge in [-0.25, -0.2) is 0 Å². The van der Waals surface area contributed by atoms with E-state index >= 15 is 0 Å². The Labute approximate surface area is 98.7 Å². The first-order valence-corrected chi connectivity index (χ1v) is 6.12. The van der Waals surface area contributed by atoms with Gasteiger partial charge in [0.2, 0.25) is 5.91 Å². The van der Waals surface area contributed by atoms with E-state index in [4.69, 9.17) is 5.73 Å². The van der Waals surface area contributed by atoms with Crippen LogP contribution in [0.4, 0.5) is 0 Å². The topological polar surface area (TPSA) is 46.3 Å². The fourth-order valence-corrected chi connectivity index (χ4v) is 2.23. The standard InChI is InChI=1S/C13H24N2O/c1-9(2)7-10(3)15(4)13(16)11-5-6-12(14)8-11/h5-6,9-12H,7-8,14H2,1-4H3. The van der Waals surface area contributed by atoms with Gasteiger partial charge in [-0.05, 0) is 25.7 Å². The van der Waals surface area contributed by atoms with Gasteiger partial charge in [0.05, 0.1) is 5.92 Å². The molecule has 0 spiro atoms. The van der Waals surface area contributed by atoms with Gasteiger partial charge in [0.25, 0.3) is 0 Å². The minimum atomic E-state index is -0.00499. The molecule has 0 aromatic heterocycles. The first kappa shape index (κ1) is 13.2. The largest absolute Gasteiger partial charge is 0.343 e. The normalized spacial score (nSPS) is 26.1. The molecule has 3 heteroatoms. The highest BCUT2D eigenvalue weighted by atomic mass is 16.2. The first-order valence-electron chi connectivity index (χ1n) is 6.12. The van der Waals surface area contributed by atoms with Gasteiger partial charge in [0, 0.05) is 19.1 Å². The van der Waals surface area contributed by atoms with Crippen molar-refractivity contribution in [1.29, 1.82) is 0 Å². The van der Waals surface area contributed by atoms with E-state index in [0.29, 0.717) is 12.0 Å². The molecule has 0 saturated heterocycles. The van der Waals surface area contributed by atoms with Gasteiger partial charge in [-0.15, -0.1) is 0 Å². The fourth-order valence-electron chi connectivity index (χ4n) is 2.23. The smallest absolute Gasteiger partial charge is 0.229 e. The summed E-state index contributed by atoms with van der Waals surface area (Å²) in [4.78, 5) is 14.0. The Balaban J connectivity index is 2.50. The number of nitrogens with two attached hydrogens (primary N) is 1. The summed E-state index contributed by atoms with van der Waals surface area (Å²) in [6.07, 6.45) is 5.69. The Morgan fingerprint density at radius 3 is 2.50 bits per heavy atom. The molecule has 0 aliphatic heterocycles. The van der Waals surface area contributed by atoms with Crippen LogP contribution in [-0.4, -0.2) is 29.9 Å². The van der Waals surface area contributed by atoms with E-state index in [2.05, 4.69) is 20.8 Å². The van der Waals surface area contributed by atoms with Crippen molar-refractivity contribution >= 4 is 5.91 Å². The second kappa shape index (κ2) is 5.48. The van der Waals surface area contributed by atoms with Crippen molar-refractivity contribution < 1.29 is 4.79 Å². The summed E-state index contributed by atoms with van der Waals surface area (Å²) >= 11 is 0. The van der Waals surface area contributed by atoms with Crippen LogP contribution in [-0.2, 0) is 4.79 Å². The second-order valence-electron chi connectivity index (χ2n) is 5.32. The van der Waals surface area contributed by atoms with Gasteiger partial charge in [-0.3, -0.25) is 4.79 Å². The van der Waals surface area contributed by atoms with Gasteiger partial charge in [0.1, 0.15) is 0 Å². The third-order valence-electron chi connectivity index (χ3n) is 3.26. The quantitative estimate of drug-likeness (QED) is 0.740. The van der Waals surface area contributed by atoms with E-state index in [1.165, 1.54) is 0 Å². The van der Waals surface area contributed by atoms with Crippen LogP contribution < -0.4 is 5.73 Å². The Kier molecular flexibility index (Phi) is 4.54. The minimum absolute atomic E-state index is 0.00499. The van der Waals surface area contributed by atoms with Crippen LogP contribution >= 0.6 is 0 Å². The number of carbonyl (C=O) groups is 1. The van der Waals surface area contributed by atoms with Crippen LogP contribution in [0.25, 0.3) is 0 Å². The molecule has 2 N–H and O–H groups in total. The Morgan fingerprint density at radius 2 is 2.06 bits per heavy atom. The molecule has 0 saturated carbocycles. The SMILES string of the molecule is CC(C)CC(C)N(C)C(=O)C1C=CC(N)C1. The summed E-state index contributed by atoms with van der Waals surface area (Å²) in [5.41, 5.74) is 5.76. The highest BCUT2D eigenvalue weighted by Gasteiger charge is 2.27. The molecule has 0 radical (unpaired) electrons. The lowest BCUT2D eigenvalue weighted by atomic mass is 10.0. The van der Waals surface area contributed by atoms with E-state index in [0.717, 1.165) is 12.8 Å². The number of carbonyl (C=O) groups excluding carboxylic acids is 1. The Hall–Kier alpha value is -0.830. The molecule has 92 valence electrons. The molecular weight excluding hydrogens is 200 g/mol. The summed E-state index contributed by atoms with van der Waals surface area (Å²) in [7, 11) is 1.90. The summed E-state index contributed by atoms with van der Waals surface area (Å²) in [6.45, 7) is 6.47. The van der Waals surface area contributed by atoms with Crippen LogP contribution in [0.5, 0.6) is 0 Å². The van der Waals surface area contributed by atoms with Crippen molar-refractivity contribution in [1.82, 2.24) is 4.90 Å². The third-order valence-corrected chi connectivity index (χ3v) is 3.26. The maximum atomic E-state index is 12.1. The third kappa shape index (κ3) is 3.34. The Bertz CT molecular complexity index is 273. The summed E-state index contributed by atoms with van der Waals surface area (Å²) < 4.78 is 0. The van der Waals surface area contributed by atoms with Crippen LogP contribution in [0.1, 0.15) is 33.6 Å². The fraction of sp³-hybridized carbons (Fsp3) is 0.769. The van der Waals surface area contributed by atoms with Gasteiger partial charge < -0.3 is 10.6 Å². The summed E-state index contributed by atoms with van der Waals surface area (Å²) in [6, 6.07) is 0.362. The maximum absolute atomic E-state index is 12.1. The van der Waals surface area contributed by atoms with Crippen molar-refractivity contribution in [2.24, 2.45) is 17.6 Å². The monoisotopic (exact) mass is 224 g/mol. The molecule has 3 atom stereocenters. The highest BCUT2D eigenvalue weighted by molar-refractivity contribution is 5.81. The average molecular weight is 224 g/mol. The van der Waals surface area contributed by atoms with Crippen molar-refractivity contribution in [3.8, 4) is 0 Å². The van der Waals surface area contributed by atoms with E-state index in [1.807, 2.05) is 24.1 Å². The highest BCUT2D eigenvalue weighted by Crippen LogP contribution is 2.20. The second-order valence-corrected chi connectivity index (χ2v) is 5.32. The number of rotatable bonds is 4. The van der Waals surface area contributed by atoms with E-state index in [1.54, 1.807) is 0 Å². The van der Waals surface area contributed by atoms with E-state index < -0.39 is 0 Å². The molecule has 0 fully saturated rings. The Morgan fingerprint density at radius 1 is 1.44 bits per heavy atom. The molecule has 3 unspecified atom stereocenters. The minimum Gasteiger partial charge on any atom is -0.343 e. The zero-order chi connectivity index (χ0) is 12.3. The van der Waals surface area contributed by atoms with E-state index in [-0.39, 0.29) is 17.9 Å². The molecule has 0 aromatic carbocycles. The van der Waals surface area contributed by atoms with Crippen LogP contribution in [0.15, 0.2) is 12.2 Å².